The molecule has 0 saturated carbocycles. The van der Waals surface area contributed by atoms with Gasteiger partial charge >= 0.3 is 23.6 Å². The molecule has 0 N–H and O–H groups in total. The molecular weight excluding hydrogens is 464 g/mol. The van der Waals surface area contributed by atoms with E-state index in [0.717, 1.165) is 19.3 Å². The van der Waals surface area contributed by atoms with Crippen LogP contribution in [-0.4, -0.2) is 54.1 Å². The zero-order valence-electron chi connectivity index (χ0n) is 19.9. The van der Waals surface area contributed by atoms with Crippen LogP contribution in [0.5, 0.6) is 0 Å². The molecule has 0 radical (unpaired) electrons. The molecule has 0 bridgehead atoms. The summed E-state index contributed by atoms with van der Waals surface area (Å²) in [5.41, 5.74) is 0. The van der Waals surface area contributed by atoms with Crippen molar-refractivity contribution in [3.05, 3.63) is 44.3 Å². The van der Waals surface area contributed by atoms with Crippen molar-refractivity contribution in [2.45, 2.75) is 71.9 Å². The van der Waals surface area contributed by atoms with E-state index in [2.05, 4.69) is 9.97 Å². The van der Waals surface area contributed by atoms with Gasteiger partial charge in [-0.15, -0.1) is 0 Å². The second-order valence-corrected chi connectivity index (χ2v) is 7.85. The molecule has 0 aliphatic rings. The first-order chi connectivity index (χ1) is 16.7. The maximum Gasteiger partial charge on any atom is 0.342 e. The second kappa shape index (κ2) is 13.8. The van der Waals surface area contributed by atoms with Crippen molar-refractivity contribution in [2.75, 3.05) is 13.2 Å². The molecule has 0 spiro atoms. The number of imidazole rings is 2. The lowest BCUT2D eigenvalue weighted by Crippen LogP contribution is -2.13. The monoisotopic (exact) mass is 494 g/mol. The Morgan fingerprint density at radius 3 is 1.51 bits per heavy atom. The van der Waals surface area contributed by atoms with Gasteiger partial charge in [0.15, 0.2) is 11.6 Å². The summed E-state index contributed by atoms with van der Waals surface area (Å²) in [4.78, 5) is 52.3. The SMILES string of the molecule is Cc1ncc([N+](=O)[O-])n1CCOC(=O)CCCCCCCC(=O)OCCn1c([N+](=O)[O-])cnc1C. The zero-order chi connectivity index (χ0) is 25.8. The van der Waals surface area contributed by atoms with E-state index in [4.69, 9.17) is 9.47 Å². The fraction of sp³-hybridized carbons (Fsp3) is 0.619. The Morgan fingerprint density at radius 1 is 0.771 bits per heavy atom. The highest BCUT2D eigenvalue weighted by molar-refractivity contribution is 5.69. The van der Waals surface area contributed by atoms with E-state index in [0.29, 0.717) is 24.5 Å². The molecule has 0 aliphatic heterocycles. The highest BCUT2D eigenvalue weighted by atomic mass is 16.6. The van der Waals surface area contributed by atoms with Gasteiger partial charge in [0.25, 0.3) is 0 Å². The zero-order valence-corrected chi connectivity index (χ0v) is 19.9. The number of nitrogens with zero attached hydrogens (tertiary/aromatic N) is 6. The van der Waals surface area contributed by atoms with Crippen molar-refractivity contribution < 1.29 is 28.9 Å². The van der Waals surface area contributed by atoms with Gasteiger partial charge in [-0.3, -0.25) is 9.59 Å². The lowest BCUT2D eigenvalue weighted by molar-refractivity contribution is -0.392. The Kier molecular flexibility index (Phi) is 10.8. The standard InChI is InChI=1S/C21H30N6O8/c1-16-22-14-18(26(30)31)24(16)10-12-34-20(28)8-6-4-3-5-7-9-21(29)35-13-11-25-17(2)23-15-19(25)27(32)33/h14-15H,3-13H2,1-2H3. The average Bonchev–Trinajstić information content (AvgIpc) is 3.35. The summed E-state index contributed by atoms with van der Waals surface area (Å²) in [5, 5.41) is 21.9. The van der Waals surface area contributed by atoms with Crippen LogP contribution in [0.4, 0.5) is 11.6 Å². The Morgan fingerprint density at radius 2 is 1.14 bits per heavy atom. The number of unbranched alkanes of at least 4 members (excludes halogenated alkanes) is 4. The Bertz CT molecular complexity index is 951. The first-order valence-corrected chi connectivity index (χ1v) is 11.3. The minimum Gasteiger partial charge on any atom is -0.461 e. The van der Waals surface area contributed by atoms with Crippen LogP contribution in [0, 0.1) is 34.1 Å². The van der Waals surface area contributed by atoms with Crippen LogP contribution >= 0.6 is 0 Å². The minimum atomic E-state index is -0.530. The number of rotatable bonds is 16. The Labute approximate surface area is 201 Å². The number of hydrogen-bond acceptors (Lipinski definition) is 10. The maximum atomic E-state index is 11.8. The van der Waals surface area contributed by atoms with E-state index in [1.807, 2.05) is 0 Å². The highest BCUT2D eigenvalue weighted by Gasteiger charge is 2.18. The summed E-state index contributed by atoms with van der Waals surface area (Å²) in [6.45, 7) is 3.70. The predicted octanol–water partition coefficient (Wildman–Crippen LogP) is 3.03. The summed E-state index contributed by atoms with van der Waals surface area (Å²) < 4.78 is 13.1. The van der Waals surface area contributed by atoms with E-state index in [9.17, 15) is 29.8 Å². The van der Waals surface area contributed by atoms with Crippen LogP contribution in [0.25, 0.3) is 0 Å². The Hall–Kier alpha value is -3.84. The molecule has 0 aliphatic carbocycles. The van der Waals surface area contributed by atoms with Crippen LogP contribution in [0.1, 0.15) is 56.6 Å². The number of carbonyl (C=O) groups is 2. The molecule has 35 heavy (non-hydrogen) atoms. The molecular formula is C21H30N6O8. The summed E-state index contributed by atoms with van der Waals surface area (Å²) in [5.74, 6) is -0.0352. The van der Waals surface area contributed by atoms with Crippen molar-refractivity contribution in [3.8, 4) is 0 Å². The van der Waals surface area contributed by atoms with E-state index in [-0.39, 0.29) is 62.7 Å². The molecule has 2 heterocycles. The van der Waals surface area contributed by atoms with Gasteiger partial charge in [0.05, 0.1) is 0 Å². The van der Waals surface area contributed by atoms with Crippen molar-refractivity contribution in [2.24, 2.45) is 0 Å². The smallest absolute Gasteiger partial charge is 0.342 e. The summed E-state index contributed by atoms with van der Waals surface area (Å²) in [6.07, 6.45) is 6.62. The molecule has 0 amide bonds. The predicted molar refractivity (Wildman–Crippen MR) is 121 cm³/mol. The second-order valence-electron chi connectivity index (χ2n) is 7.85. The fourth-order valence-corrected chi connectivity index (χ4v) is 3.47. The molecule has 2 rings (SSSR count). The first-order valence-electron chi connectivity index (χ1n) is 11.3. The van der Waals surface area contributed by atoms with E-state index in [1.165, 1.54) is 21.5 Å². The third-order valence-electron chi connectivity index (χ3n) is 5.36. The third-order valence-corrected chi connectivity index (χ3v) is 5.36. The number of aryl methyl sites for hydroxylation is 2. The van der Waals surface area contributed by atoms with Gasteiger partial charge in [-0.1, -0.05) is 19.3 Å². The lowest BCUT2D eigenvalue weighted by Gasteiger charge is -2.06. The number of carbonyl (C=O) groups excluding carboxylic acids is 2. The molecule has 14 heteroatoms. The van der Waals surface area contributed by atoms with Crippen molar-refractivity contribution in [1.82, 2.24) is 19.1 Å². The molecule has 0 aromatic carbocycles. The third kappa shape index (κ3) is 8.79. The van der Waals surface area contributed by atoms with E-state index in [1.54, 1.807) is 13.8 Å². The molecule has 0 unspecified atom stereocenters. The van der Waals surface area contributed by atoms with Crippen LogP contribution in [0.2, 0.25) is 0 Å². The largest absolute Gasteiger partial charge is 0.461 e. The number of esters is 2. The molecule has 2 aromatic rings. The van der Waals surface area contributed by atoms with Crippen molar-refractivity contribution in [1.29, 1.82) is 0 Å². The summed E-state index contributed by atoms with van der Waals surface area (Å²) in [7, 11) is 0. The highest BCUT2D eigenvalue weighted by Crippen LogP contribution is 2.15. The number of aromatic nitrogens is 4. The van der Waals surface area contributed by atoms with Crippen molar-refractivity contribution in [3.63, 3.8) is 0 Å². The van der Waals surface area contributed by atoms with Gasteiger partial charge in [-0.2, -0.15) is 0 Å². The normalized spacial score (nSPS) is 10.8. The van der Waals surface area contributed by atoms with Crippen LogP contribution in [-0.2, 0) is 32.2 Å². The first kappa shape index (κ1) is 27.4. The van der Waals surface area contributed by atoms with Gasteiger partial charge in [-0.05, 0) is 22.7 Å². The van der Waals surface area contributed by atoms with E-state index < -0.39 is 9.85 Å². The van der Waals surface area contributed by atoms with Gasteiger partial charge < -0.3 is 29.7 Å². The molecule has 0 saturated heterocycles. The summed E-state index contributed by atoms with van der Waals surface area (Å²) >= 11 is 0. The fourth-order valence-electron chi connectivity index (χ4n) is 3.47. The number of nitro groups is 2. The molecule has 14 nitrogen and oxygen atoms in total. The van der Waals surface area contributed by atoms with E-state index >= 15 is 0 Å². The Balaban J connectivity index is 1.49. The lowest BCUT2D eigenvalue weighted by atomic mass is 10.1. The van der Waals surface area contributed by atoms with Crippen LogP contribution in [0.15, 0.2) is 12.4 Å². The maximum absolute atomic E-state index is 11.8. The molecule has 0 atom stereocenters. The van der Waals surface area contributed by atoms with Gasteiger partial charge in [0, 0.05) is 26.7 Å². The topological polar surface area (TPSA) is 175 Å². The summed E-state index contributed by atoms with van der Waals surface area (Å²) in [6, 6.07) is 0. The van der Waals surface area contributed by atoms with Crippen molar-refractivity contribution >= 4 is 23.6 Å². The quantitative estimate of drug-likeness (QED) is 0.146. The average molecular weight is 495 g/mol. The van der Waals surface area contributed by atoms with Gasteiger partial charge in [0.2, 0.25) is 0 Å². The van der Waals surface area contributed by atoms with Gasteiger partial charge in [0.1, 0.15) is 38.7 Å². The van der Waals surface area contributed by atoms with Crippen LogP contribution < -0.4 is 0 Å². The van der Waals surface area contributed by atoms with Crippen LogP contribution in [0.3, 0.4) is 0 Å². The molecule has 2 aromatic heterocycles. The number of ether oxygens (including phenoxy) is 2. The molecule has 0 fully saturated rings. The number of hydrogen-bond donors (Lipinski definition) is 0. The molecule has 192 valence electrons. The van der Waals surface area contributed by atoms with Gasteiger partial charge in [-0.25, -0.2) is 19.1 Å². The minimum absolute atomic E-state index is 0.0345.